The van der Waals surface area contributed by atoms with E-state index in [0.717, 1.165) is 47.5 Å². The van der Waals surface area contributed by atoms with E-state index in [4.69, 9.17) is 9.72 Å². The molecule has 1 aliphatic heterocycles. The van der Waals surface area contributed by atoms with Crippen molar-refractivity contribution in [3.8, 4) is 5.88 Å². The summed E-state index contributed by atoms with van der Waals surface area (Å²) in [4.78, 5) is 19.3. The third kappa shape index (κ3) is 4.47. The molecule has 3 heterocycles. The fourth-order valence-corrected chi connectivity index (χ4v) is 3.69. The molecule has 1 amide bonds. The van der Waals surface area contributed by atoms with E-state index >= 15 is 0 Å². The number of aromatic nitrogens is 3. The Hall–Kier alpha value is -1.57. The van der Waals surface area contributed by atoms with Gasteiger partial charge in [-0.3, -0.25) is 4.79 Å². The molecule has 1 saturated heterocycles. The molecule has 152 valence electrons. The van der Waals surface area contributed by atoms with Crippen LogP contribution in [0.15, 0.2) is 0 Å². The molecule has 2 aromatic rings. The first-order valence-corrected chi connectivity index (χ1v) is 8.81. The first-order valence-electron chi connectivity index (χ1n) is 8.81. The van der Waals surface area contributed by atoms with E-state index in [2.05, 4.69) is 24.3 Å². The molecule has 0 aromatic carbocycles. The van der Waals surface area contributed by atoms with Crippen LogP contribution in [0.25, 0.3) is 11.0 Å². The number of pyridine rings is 1. The maximum atomic E-state index is 12.6. The van der Waals surface area contributed by atoms with Gasteiger partial charge in [0, 0.05) is 44.8 Å². The Morgan fingerprint density at radius 2 is 2.04 bits per heavy atom. The zero-order valence-corrected chi connectivity index (χ0v) is 18.2. The number of halogens is 2. The van der Waals surface area contributed by atoms with Crippen molar-refractivity contribution in [1.29, 1.82) is 0 Å². The molecule has 1 atom stereocenters. The van der Waals surface area contributed by atoms with Crippen molar-refractivity contribution in [2.75, 3.05) is 26.7 Å². The minimum Gasteiger partial charge on any atom is -0.479 e. The number of rotatable bonds is 4. The minimum absolute atomic E-state index is 0. The van der Waals surface area contributed by atoms with Gasteiger partial charge >= 0.3 is 0 Å². The van der Waals surface area contributed by atoms with Gasteiger partial charge in [-0.25, -0.2) is 9.67 Å². The molecule has 1 fully saturated rings. The van der Waals surface area contributed by atoms with Crippen LogP contribution in [-0.4, -0.2) is 58.4 Å². The molecule has 0 radical (unpaired) electrons. The van der Waals surface area contributed by atoms with Crippen LogP contribution < -0.4 is 10.1 Å². The highest BCUT2D eigenvalue weighted by atomic mass is 35.5. The molecule has 1 N–H and O–H groups in total. The summed E-state index contributed by atoms with van der Waals surface area (Å²) >= 11 is 0. The van der Waals surface area contributed by atoms with Gasteiger partial charge in [0.15, 0.2) is 5.65 Å². The average Bonchev–Trinajstić information content (AvgIpc) is 2.91. The molecule has 0 saturated carbocycles. The largest absolute Gasteiger partial charge is 0.479 e. The van der Waals surface area contributed by atoms with Crippen LogP contribution in [0.2, 0.25) is 0 Å². The second-order valence-electron chi connectivity index (χ2n) is 6.77. The minimum atomic E-state index is 0. The van der Waals surface area contributed by atoms with E-state index in [-0.39, 0.29) is 36.8 Å². The van der Waals surface area contributed by atoms with Gasteiger partial charge < -0.3 is 15.0 Å². The number of fused-ring (bicyclic) bond motifs is 1. The number of piperazine rings is 1. The summed E-state index contributed by atoms with van der Waals surface area (Å²) in [6, 6.07) is 0.252. The Kier molecular flexibility index (Phi) is 8.32. The van der Waals surface area contributed by atoms with E-state index in [0.29, 0.717) is 18.7 Å². The summed E-state index contributed by atoms with van der Waals surface area (Å²) in [6.45, 7) is 8.67. The number of amides is 1. The smallest absolute Gasteiger partial charge is 0.242 e. The van der Waals surface area contributed by atoms with Gasteiger partial charge in [0.05, 0.1) is 12.5 Å². The molecular formula is C18H29Cl2N5O2. The molecular weight excluding hydrogens is 389 g/mol. The second kappa shape index (κ2) is 9.57. The zero-order valence-electron chi connectivity index (χ0n) is 16.5. The summed E-state index contributed by atoms with van der Waals surface area (Å²) in [7, 11) is 3.49. The number of carbonyl (C=O) groups is 1. The Morgan fingerprint density at radius 1 is 1.33 bits per heavy atom. The van der Waals surface area contributed by atoms with Crippen molar-refractivity contribution in [3.05, 3.63) is 16.8 Å². The van der Waals surface area contributed by atoms with Gasteiger partial charge in [-0.15, -0.1) is 29.9 Å². The number of nitrogens with zero attached hydrogens (tertiary/aromatic N) is 4. The standard InChI is InChI=1S/C18H27N5O2.2ClH/c1-11-10-19-8-9-23(11)15(24)7-6-14-12(2)16-17(20-13(14)3)22(4)21-18(16)25-5;;/h11,19H,6-10H2,1-5H3;2*1H/t11-;;/m0../s1. The van der Waals surface area contributed by atoms with E-state index in [1.165, 1.54) is 0 Å². The summed E-state index contributed by atoms with van der Waals surface area (Å²) in [5.41, 5.74) is 4.00. The van der Waals surface area contributed by atoms with Crippen LogP contribution in [0.3, 0.4) is 0 Å². The summed E-state index contributed by atoms with van der Waals surface area (Å²) in [6.07, 6.45) is 1.19. The Balaban J connectivity index is 0.00000182. The number of carbonyl (C=O) groups excluding carboxylic acids is 1. The van der Waals surface area contributed by atoms with Gasteiger partial charge in [0.1, 0.15) is 0 Å². The van der Waals surface area contributed by atoms with Crippen LogP contribution in [0, 0.1) is 13.8 Å². The number of methoxy groups -OCH3 is 1. The maximum absolute atomic E-state index is 12.6. The third-order valence-electron chi connectivity index (χ3n) is 5.13. The quantitative estimate of drug-likeness (QED) is 0.824. The molecule has 1 aliphatic rings. The van der Waals surface area contributed by atoms with Crippen molar-refractivity contribution in [2.45, 2.75) is 39.7 Å². The highest BCUT2D eigenvalue weighted by Gasteiger charge is 2.24. The number of ether oxygens (including phenoxy) is 1. The van der Waals surface area contributed by atoms with Crippen LogP contribution in [-0.2, 0) is 18.3 Å². The SMILES string of the molecule is COc1nn(C)c2nc(C)c(CCC(=O)N3CCNC[C@@H]3C)c(C)c12.Cl.Cl. The molecule has 3 rings (SSSR count). The predicted octanol–water partition coefficient (Wildman–Crippen LogP) is 2.19. The number of hydrogen-bond acceptors (Lipinski definition) is 5. The van der Waals surface area contributed by atoms with E-state index in [1.807, 2.05) is 18.9 Å². The lowest BCUT2D eigenvalue weighted by Gasteiger charge is -2.34. The van der Waals surface area contributed by atoms with Crippen LogP contribution >= 0.6 is 24.8 Å². The molecule has 2 aromatic heterocycles. The Labute approximate surface area is 172 Å². The number of aryl methyl sites for hydroxylation is 3. The molecule has 0 bridgehead atoms. The molecule has 0 unspecified atom stereocenters. The number of nitrogens with one attached hydrogen (secondary N) is 1. The molecule has 9 heteroatoms. The van der Waals surface area contributed by atoms with Crippen molar-refractivity contribution >= 4 is 41.8 Å². The van der Waals surface area contributed by atoms with E-state index in [1.54, 1.807) is 11.8 Å². The first kappa shape index (κ1) is 23.5. The third-order valence-corrected chi connectivity index (χ3v) is 5.13. The summed E-state index contributed by atoms with van der Waals surface area (Å²) < 4.78 is 7.15. The fourth-order valence-electron chi connectivity index (χ4n) is 3.69. The highest BCUT2D eigenvalue weighted by molar-refractivity contribution is 5.86. The summed E-state index contributed by atoms with van der Waals surface area (Å²) in [5.74, 6) is 0.803. The van der Waals surface area contributed by atoms with Gasteiger partial charge in [-0.1, -0.05) is 0 Å². The average molecular weight is 418 g/mol. The molecule has 27 heavy (non-hydrogen) atoms. The first-order chi connectivity index (χ1) is 11.9. The lowest BCUT2D eigenvalue weighted by molar-refractivity contribution is -0.133. The van der Waals surface area contributed by atoms with Crippen molar-refractivity contribution in [1.82, 2.24) is 25.0 Å². The zero-order chi connectivity index (χ0) is 18.1. The van der Waals surface area contributed by atoms with Crippen LogP contribution in [0.1, 0.15) is 30.2 Å². The normalized spacial score (nSPS) is 16.6. The van der Waals surface area contributed by atoms with Gasteiger partial charge in [-0.2, -0.15) is 0 Å². The lowest BCUT2D eigenvalue weighted by atomic mass is 9.99. The van der Waals surface area contributed by atoms with Crippen molar-refractivity contribution in [2.24, 2.45) is 7.05 Å². The van der Waals surface area contributed by atoms with Crippen molar-refractivity contribution in [3.63, 3.8) is 0 Å². The molecule has 7 nitrogen and oxygen atoms in total. The monoisotopic (exact) mass is 417 g/mol. The Bertz CT molecular complexity index is 809. The number of hydrogen-bond donors (Lipinski definition) is 1. The Morgan fingerprint density at radius 3 is 2.67 bits per heavy atom. The fraction of sp³-hybridized carbons (Fsp3) is 0.611. The maximum Gasteiger partial charge on any atom is 0.242 e. The van der Waals surface area contributed by atoms with Gasteiger partial charge in [0.2, 0.25) is 11.8 Å². The van der Waals surface area contributed by atoms with Gasteiger partial charge in [0.25, 0.3) is 0 Å². The molecule has 0 spiro atoms. The van der Waals surface area contributed by atoms with Gasteiger partial charge in [-0.05, 0) is 38.3 Å². The van der Waals surface area contributed by atoms with Crippen molar-refractivity contribution < 1.29 is 9.53 Å². The van der Waals surface area contributed by atoms with Crippen LogP contribution in [0.4, 0.5) is 0 Å². The highest BCUT2D eigenvalue weighted by Crippen LogP contribution is 2.30. The van der Waals surface area contributed by atoms with E-state index in [9.17, 15) is 4.79 Å². The topological polar surface area (TPSA) is 72.3 Å². The predicted molar refractivity (Wildman–Crippen MR) is 111 cm³/mol. The van der Waals surface area contributed by atoms with Crippen LogP contribution in [0.5, 0.6) is 5.88 Å². The second-order valence-corrected chi connectivity index (χ2v) is 6.77. The lowest BCUT2D eigenvalue weighted by Crippen LogP contribution is -2.52. The van der Waals surface area contributed by atoms with E-state index < -0.39 is 0 Å². The molecule has 0 aliphatic carbocycles. The summed E-state index contributed by atoms with van der Waals surface area (Å²) in [5, 5.41) is 8.64.